The van der Waals surface area contributed by atoms with Gasteiger partial charge < -0.3 is 0 Å². The first-order chi connectivity index (χ1) is 5.86. The second-order valence-corrected chi connectivity index (χ2v) is 4.07. The average molecular weight is 164 g/mol. The van der Waals surface area contributed by atoms with E-state index in [-0.39, 0.29) is 0 Å². The monoisotopic (exact) mass is 164 g/mol. The maximum atomic E-state index is 11.1. The van der Waals surface area contributed by atoms with Gasteiger partial charge in [0.05, 0.1) is 0 Å². The third kappa shape index (κ3) is 1.60. The number of carbonyl (C=O) groups excluding carboxylic acids is 1. The Morgan fingerprint density at radius 2 is 2.00 bits per heavy atom. The van der Waals surface area contributed by atoms with E-state index in [4.69, 9.17) is 0 Å². The molecule has 2 atom stereocenters. The number of fused-ring (bicyclic) bond motifs is 1. The van der Waals surface area contributed by atoms with Crippen molar-refractivity contribution in [3.05, 3.63) is 12.2 Å². The summed E-state index contributed by atoms with van der Waals surface area (Å²) in [6, 6.07) is 0. The molecule has 0 aliphatic heterocycles. The Labute approximate surface area is 73.8 Å². The van der Waals surface area contributed by atoms with Crippen LogP contribution in [0.3, 0.4) is 0 Å². The van der Waals surface area contributed by atoms with Crippen LogP contribution in [0.1, 0.15) is 38.5 Å². The third-order valence-corrected chi connectivity index (χ3v) is 3.26. The summed E-state index contributed by atoms with van der Waals surface area (Å²) < 4.78 is 0. The highest BCUT2D eigenvalue weighted by molar-refractivity contribution is 5.89. The normalized spacial score (nSPS) is 35.8. The molecule has 0 saturated heterocycles. The zero-order valence-electron chi connectivity index (χ0n) is 7.46. The lowest BCUT2D eigenvalue weighted by atomic mass is 9.78. The van der Waals surface area contributed by atoms with Crippen LogP contribution in [-0.2, 0) is 4.79 Å². The van der Waals surface area contributed by atoms with Crippen molar-refractivity contribution in [2.75, 3.05) is 0 Å². The maximum absolute atomic E-state index is 11.1. The molecule has 2 aliphatic carbocycles. The van der Waals surface area contributed by atoms with Crippen molar-refractivity contribution in [1.29, 1.82) is 0 Å². The summed E-state index contributed by atoms with van der Waals surface area (Å²) in [4.78, 5) is 11.1. The Balaban J connectivity index is 2.08. The molecule has 0 radical (unpaired) electrons. The Kier molecular flexibility index (Phi) is 2.29. The van der Waals surface area contributed by atoms with Crippen LogP contribution in [0.4, 0.5) is 0 Å². The Morgan fingerprint density at radius 3 is 2.92 bits per heavy atom. The van der Waals surface area contributed by atoms with E-state index < -0.39 is 0 Å². The number of carbonyl (C=O) groups is 1. The van der Waals surface area contributed by atoms with Gasteiger partial charge in [-0.3, -0.25) is 4.79 Å². The van der Waals surface area contributed by atoms with Crippen molar-refractivity contribution in [2.24, 2.45) is 11.8 Å². The van der Waals surface area contributed by atoms with E-state index in [1.165, 1.54) is 25.7 Å². The lowest BCUT2D eigenvalue weighted by molar-refractivity contribution is -0.114. The molecule has 0 heterocycles. The molecule has 1 saturated carbocycles. The predicted molar refractivity (Wildman–Crippen MR) is 48.8 cm³/mol. The molecule has 12 heavy (non-hydrogen) atoms. The van der Waals surface area contributed by atoms with Gasteiger partial charge in [-0.15, -0.1) is 0 Å². The second-order valence-electron chi connectivity index (χ2n) is 4.07. The zero-order valence-corrected chi connectivity index (χ0v) is 7.46. The highest BCUT2D eigenvalue weighted by Crippen LogP contribution is 2.35. The molecule has 66 valence electrons. The predicted octanol–water partition coefficient (Wildman–Crippen LogP) is 2.71. The second kappa shape index (κ2) is 3.42. The summed E-state index contributed by atoms with van der Waals surface area (Å²) in [5, 5.41) is 0. The van der Waals surface area contributed by atoms with Crippen molar-refractivity contribution in [3.63, 3.8) is 0 Å². The van der Waals surface area contributed by atoms with Gasteiger partial charge in [0.2, 0.25) is 0 Å². The largest absolute Gasteiger partial charge is 0.295 e. The fourth-order valence-corrected chi connectivity index (χ4v) is 2.49. The van der Waals surface area contributed by atoms with Crippen LogP contribution in [0, 0.1) is 11.8 Å². The molecular weight excluding hydrogens is 148 g/mol. The minimum atomic E-state index is 0.337. The topological polar surface area (TPSA) is 17.1 Å². The summed E-state index contributed by atoms with van der Waals surface area (Å²) in [5.74, 6) is 1.89. The summed E-state index contributed by atoms with van der Waals surface area (Å²) in [6.07, 6.45) is 11.3. The summed E-state index contributed by atoms with van der Waals surface area (Å²) in [6.45, 7) is 0. The van der Waals surface area contributed by atoms with Crippen molar-refractivity contribution >= 4 is 5.78 Å². The molecule has 0 N–H and O–H groups in total. The number of hydrogen-bond acceptors (Lipinski definition) is 1. The van der Waals surface area contributed by atoms with E-state index in [0.29, 0.717) is 5.78 Å². The van der Waals surface area contributed by atoms with E-state index in [1.54, 1.807) is 0 Å². The molecule has 0 amide bonds. The van der Waals surface area contributed by atoms with Gasteiger partial charge in [-0.2, -0.15) is 0 Å². The quantitative estimate of drug-likeness (QED) is 0.538. The van der Waals surface area contributed by atoms with Gasteiger partial charge in [0.25, 0.3) is 0 Å². The fourth-order valence-electron chi connectivity index (χ4n) is 2.49. The van der Waals surface area contributed by atoms with Gasteiger partial charge in [0.15, 0.2) is 5.78 Å². The molecule has 1 heteroatoms. The Morgan fingerprint density at radius 1 is 1.17 bits per heavy atom. The molecule has 0 bridgehead atoms. The Hall–Kier alpha value is -0.590. The van der Waals surface area contributed by atoms with Gasteiger partial charge in [0.1, 0.15) is 0 Å². The summed E-state index contributed by atoms with van der Waals surface area (Å²) >= 11 is 0. The van der Waals surface area contributed by atoms with Gasteiger partial charge in [-0.05, 0) is 37.2 Å². The first-order valence-electron chi connectivity index (χ1n) is 5.07. The highest BCUT2D eigenvalue weighted by Gasteiger charge is 2.25. The molecular formula is C11H16O. The fraction of sp³-hybridized carbons (Fsp3) is 0.727. The minimum absolute atomic E-state index is 0.337. The van der Waals surface area contributed by atoms with Gasteiger partial charge in [0, 0.05) is 6.42 Å². The van der Waals surface area contributed by atoms with Crippen LogP contribution in [-0.4, -0.2) is 5.78 Å². The van der Waals surface area contributed by atoms with Gasteiger partial charge in [-0.25, -0.2) is 0 Å². The lowest BCUT2D eigenvalue weighted by Crippen LogP contribution is -2.16. The third-order valence-electron chi connectivity index (χ3n) is 3.26. The molecule has 0 aromatic heterocycles. The summed E-state index contributed by atoms with van der Waals surface area (Å²) in [7, 11) is 0. The van der Waals surface area contributed by atoms with Crippen molar-refractivity contribution in [1.82, 2.24) is 0 Å². The van der Waals surface area contributed by atoms with Crippen molar-refractivity contribution < 1.29 is 4.79 Å². The zero-order chi connectivity index (χ0) is 8.39. The minimum Gasteiger partial charge on any atom is -0.295 e. The van der Waals surface area contributed by atoms with Crippen LogP contribution in [0.25, 0.3) is 0 Å². The highest BCUT2D eigenvalue weighted by atomic mass is 16.1. The van der Waals surface area contributed by atoms with Crippen LogP contribution in [0.2, 0.25) is 0 Å². The molecule has 0 aromatic rings. The van der Waals surface area contributed by atoms with Crippen molar-refractivity contribution in [3.8, 4) is 0 Å². The standard InChI is InChI=1S/C11H16O/c12-11-7-5-9-3-1-2-4-10(9)6-8-11/h5,7,9-10H,1-4,6,8H2. The van der Waals surface area contributed by atoms with E-state index in [0.717, 1.165) is 24.7 Å². The maximum Gasteiger partial charge on any atom is 0.155 e. The number of hydrogen-bond donors (Lipinski definition) is 0. The van der Waals surface area contributed by atoms with Gasteiger partial charge in [-0.1, -0.05) is 18.9 Å². The van der Waals surface area contributed by atoms with Crippen LogP contribution < -0.4 is 0 Å². The van der Waals surface area contributed by atoms with Crippen LogP contribution >= 0.6 is 0 Å². The number of rotatable bonds is 0. The SMILES string of the molecule is O=C1C=CC2CCCCC2CC1. The Bertz CT molecular complexity index is 205. The molecule has 2 rings (SSSR count). The smallest absolute Gasteiger partial charge is 0.155 e. The number of ketones is 1. The van der Waals surface area contributed by atoms with Crippen molar-refractivity contribution in [2.45, 2.75) is 38.5 Å². The van der Waals surface area contributed by atoms with E-state index in [1.807, 2.05) is 6.08 Å². The van der Waals surface area contributed by atoms with Crippen LogP contribution in [0.5, 0.6) is 0 Å². The van der Waals surface area contributed by atoms with E-state index in [2.05, 4.69) is 6.08 Å². The molecule has 0 aromatic carbocycles. The summed E-state index contributed by atoms with van der Waals surface area (Å²) in [5.41, 5.74) is 0. The molecule has 0 spiro atoms. The molecule has 1 fully saturated rings. The van der Waals surface area contributed by atoms with E-state index >= 15 is 0 Å². The lowest BCUT2D eigenvalue weighted by Gasteiger charge is -2.27. The first-order valence-corrected chi connectivity index (χ1v) is 5.07. The average Bonchev–Trinajstić information content (AvgIpc) is 2.29. The van der Waals surface area contributed by atoms with E-state index in [9.17, 15) is 4.79 Å². The first kappa shape index (κ1) is 8.03. The molecule has 1 nitrogen and oxygen atoms in total. The molecule has 2 unspecified atom stereocenters. The molecule has 2 aliphatic rings. The number of allylic oxidation sites excluding steroid dienone is 2. The van der Waals surface area contributed by atoms with Crippen LogP contribution in [0.15, 0.2) is 12.2 Å². The van der Waals surface area contributed by atoms with Gasteiger partial charge >= 0.3 is 0 Å².